The van der Waals surface area contributed by atoms with Crippen LogP contribution in [0.4, 0.5) is 4.79 Å². The molecule has 2 rings (SSSR count). The predicted octanol–water partition coefficient (Wildman–Crippen LogP) is 11.9. The van der Waals surface area contributed by atoms with Crippen LogP contribution in [0.1, 0.15) is 153 Å². The van der Waals surface area contributed by atoms with E-state index in [1.807, 2.05) is 6.07 Å². The molecule has 40 heavy (non-hydrogen) atoms. The Hall–Kier alpha value is -2.29. The molecule has 0 aliphatic rings. The van der Waals surface area contributed by atoms with Gasteiger partial charge in [0.25, 0.3) is 0 Å². The van der Waals surface area contributed by atoms with E-state index in [2.05, 4.69) is 52.0 Å². The second-order valence-electron chi connectivity index (χ2n) is 11.6. The zero-order chi connectivity index (χ0) is 29.0. The molecule has 0 bridgehead atoms. The maximum atomic E-state index is 11.7. The van der Waals surface area contributed by atoms with Gasteiger partial charge in [-0.05, 0) is 90.8 Å². The summed E-state index contributed by atoms with van der Waals surface area (Å²) in [5, 5.41) is 9.56. The number of carbonyl (C=O) groups is 1. The van der Waals surface area contributed by atoms with Crippen molar-refractivity contribution in [2.24, 2.45) is 0 Å². The monoisotopic (exact) mass is 550 g/mol. The molecule has 0 unspecified atom stereocenters. The number of benzene rings is 2. The molecule has 3 heteroatoms. The van der Waals surface area contributed by atoms with Gasteiger partial charge in [0.15, 0.2) is 0 Å². The van der Waals surface area contributed by atoms with Crippen LogP contribution in [0, 0.1) is 0 Å². The highest BCUT2D eigenvalue weighted by Gasteiger charge is 2.20. The van der Waals surface area contributed by atoms with Crippen molar-refractivity contribution in [2.45, 2.75) is 156 Å². The lowest BCUT2D eigenvalue weighted by Gasteiger charge is -2.22. The first-order valence-electron chi connectivity index (χ1n) is 16.7. The van der Waals surface area contributed by atoms with Crippen LogP contribution in [0.2, 0.25) is 0 Å². The molecule has 0 atom stereocenters. The van der Waals surface area contributed by atoms with Crippen LogP contribution >= 0.6 is 0 Å². The lowest BCUT2D eigenvalue weighted by atomic mass is 9.84. The van der Waals surface area contributed by atoms with E-state index in [9.17, 15) is 9.90 Å². The van der Waals surface area contributed by atoms with Crippen LogP contribution in [-0.2, 0) is 25.7 Å². The molecule has 0 heterocycles. The van der Waals surface area contributed by atoms with Crippen LogP contribution in [-0.4, -0.2) is 11.3 Å². The number of aryl methyl sites for hydroxylation is 1. The Kier molecular flexibility index (Phi) is 17.4. The van der Waals surface area contributed by atoms with Crippen LogP contribution in [0.15, 0.2) is 30.3 Å². The van der Waals surface area contributed by atoms with Gasteiger partial charge in [0, 0.05) is 0 Å². The predicted molar refractivity (Wildman–Crippen MR) is 172 cm³/mol. The van der Waals surface area contributed by atoms with E-state index >= 15 is 0 Å². The molecule has 2 aromatic rings. The maximum absolute atomic E-state index is 11.7. The van der Waals surface area contributed by atoms with Gasteiger partial charge in [0.1, 0.15) is 5.75 Å². The summed E-state index contributed by atoms with van der Waals surface area (Å²) in [6, 6.07) is 11.0. The molecule has 0 amide bonds. The molecule has 3 nitrogen and oxygen atoms in total. The fourth-order valence-electron chi connectivity index (χ4n) is 6.02. The van der Waals surface area contributed by atoms with Crippen molar-refractivity contribution in [3.8, 4) is 16.9 Å². The summed E-state index contributed by atoms with van der Waals surface area (Å²) < 4.78 is 5.42. The van der Waals surface area contributed by atoms with Crippen molar-refractivity contribution in [3.63, 3.8) is 0 Å². The molecular weight excluding hydrogens is 492 g/mol. The average Bonchev–Trinajstić information content (AvgIpc) is 2.94. The van der Waals surface area contributed by atoms with Gasteiger partial charge in [0.2, 0.25) is 0 Å². The molecule has 224 valence electrons. The number of unbranched alkanes of at least 4 members (excludes halogenated alkanes) is 12. The topological polar surface area (TPSA) is 46.5 Å². The van der Waals surface area contributed by atoms with Crippen LogP contribution in [0.5, 0.6) is 5.75 Å². The van der Waals surface area contributed by atoms with Crippen molar-refractivity contribution in [1.82, 2.24) is 0 Å². The van der Waals surface area contributed by atoms with Crippen molar-refractivity contribution >= 4 is 6.16 Å². The molecule has 2 aromatic carbocycles. The van der Waals surface area contributed by atoms with E-state index in [1.165, 1.54) is 118 Å². The standard InChI is InChI=1S/C37H58O3/c1-5-9-13-15-19-25-33-34(28-29-36(40-37(38)39)35(33)26-20-16-14-10-6-2)32-27-21-23-30(22-17-11-7-3)31(32)24-18-12-8-4/h21,23,27-29H,5-20,22,24-26H2,1-4H3,(H,38,39). The highest BCUT2D eigenvalue weighted by Crippen LogP contribution is 2.38. The van der Waals surface area contributed by atoms with Crippen LogP contribution in [0.25, 0.3) is 11.1 Å². The van der Waals surface area contributed by atoms with Gasteiger partial charge in [-0.25, -0.2) is 4.79 Å². The molecule has 0 aliphatic carbocycles. The zero-order valence-corrected chi connectivity index (χ0v) is 26.3. The van der Waals surface area contributed by atoms with E-state index in [4.69, 9.17) is 4.74 Å². The van der Waals surface area contributed by atoms with E-state index in [0.29, 0.717) is 5.75 Å². The number of ether oxygens (including phenoxy) is 1. The van der Waals surface area contributed by atoms with Crippen molar-refractivity contribution < 1.29 is 14.6 Å². The summed E-state index contributed by atoms with van der Waals surface area (Å²) in [5.41, 5.74) is 8.14. The summed E-state index contributed by atoms with van der Waals surface area (Å²) in [4.78, 5) is 11.7. The Morgan fingerprint density at radius 3 is 1.62 bits per heavy atom. The summed E-state index contributed by atoms with van der Waals surface area (Å²) >= 11 is 0. The van der Waals surface area contributed by atoms with Crippen molar-refractivity contribution in [3.05, 3.63) is 52.6 Å². The first kappa shape index (κ1) is 33.9. The lowest BCUT2D eigenvalue weighted by Crippen LogP contribution is -2.09. The Morgan fingerprint density at radius 1 is 0.550 bits per heavy atom. The summed E-state index contributed by atoms with van der Waals surface area (Å²) in [6.07, 6.45) is 22.4. The van der Waals surface area contributed by atoms with Gasteiger partial charge in [-0.3, -0.25) is 0 Å². The molecule has 0 aliphatic heterocycles. The first-order chi connectivity index (χ1) is 19.6. The van der Waals surface area contributed by atoms with Crippen LogP contribution < -0.4 is 4.74 Å². The fraction of sp³-hybridized carbons (Fsp3) is 0.649. The normalized spacial score (nSPS) is 11.2. The summed E-state index contributed by atoms with van der Waals surface area (Å²) in [7, 11) is 0. The molecule has 0 saturated heterocycles. The number of carboxylic acid groups (broad SMARTS) is 1. The Labute approximate surface area is 246 Å². The maximum Gasteiger partial charge on any atom is 0.511 e. The van der Waals surface area contributed by atoms with Gasteiger partial charge >= 0.3 is 6.16 Å². The smallest absolute Gasteiger partial charge is 0.449 e. The molecule has 0 spiro atoms. The highest BCUT2D eigenvalue weighted by molar-refractivity contribution is 5.75. The van der Waals surface area contributed by atoms with Gasteiger partial charge in [-0.1, -0.05) is 129 Å². The Bertz CT molecular complexity index is 978. The SMILES string of the molecule is CCCCCCCc1c(OC(=O)O)ccc(-c2cccc(CCCCC)c2CCCCC)c1CCCCCCC. The highest BCUT2D eigenvalue weighted by atomic mass is 16.7. The quantitative estimate of drug-likeness (QED) is 0.0900. The van der Waals surface area contributed by atoms with Gasteiger partial charge in [0.05, 0.1) is 0 Å². The van der Waals surface area contributed by atoms with Crippen molar-refractivity contribution in [1.29, 1.82) is 0 Å². The fourth-order valence-corrected chi connectivity index (χ4v) is 6.02. The minimum atomic E-state index is -1.22. The number of hydrogen-bond donors (Lipinski definition) is 1. The molecule has 0 saturated carbocycles. The minimum absolute atomic E-state index is 0.543. The Balaban J connectivity index is 2.59. The average molecular weight is 551 g/mol. The van der Waals surface area contributed by atoms with Gasteiger partial charge < -0.3 is 9.84 Å². The second-order valence-corrected chi connectivity index (χ2v) is 11.6. The first-order valence-corrected chi connectivity index (χ1v) is 16.7. The largest absolute Gasteiger partial charge is 0.511 e. The second kappa shape index (κ2) is 20.6. The molecule has 0 radical (unpaired) electrons. The van der Waals surface area contributed by atoms with E-state index in [-0.39, 0.29) is 0 Å². The molecule has 0 aromatic heterocycles. The third-order valence-corrected chi connectivity index (χ3v) is 8.29. The number of rotatable bonds is 22. The van der Waals surface area contributed by atoms with Gasteiger partial charge in [-0.2, -0.15) is 0 Å². The van der Waals surface area contributed by atoms with E-state index in [1.54, 1.807) is 0 Å². The van der Waals surface area contributed by atoms with Crippen molar-refractivity contribution in [2.75, 3.05) is 0 Å². The zero-order valence-electron chi connectivity index (χ0n) is 26.3. The van der Waals surface area contributed by atoms with Gasteiger partial charge in [-0.15, -0.1) is 0 Å². The third-order valence-electron chi connectivity index (χ3n) is 8.29. The van der Waals surface area contributed by atoms with E-state index < -0.39 is 6.16 Å². The third kappa shape index (κ3) is 11.7. The summed E-state index contributed by atoms with van der Waals surface area (Å²) in [5.74, 6) is 0.543. The van der Waals surface area contributed by atoms with Crippen LogP contribution in [0.3, 0.4) is 0 Å². The molecule has 0 fully saturated rings. The van der Waals surface area contributed by atoms with E-state index in [0.717, 1.165) is 44.1 Å². The lowest BCUT2D eigenvalue weighted by molar-refractivity contribution is 0.144. The number of hydrogen-bond acceptors (Lipinski definition) is 2. The Morgan fingerprint density at radius 2 is 1.02 bits per heavy atom. The minimum Gasteiger partial charge on any atom is -0.449 e. The molecular formula is C37H58O3. The molecule has 1 N–H and O–H groups in total. The summed E-state index contributed by atoms with van der Waals surface area (Å²) in [6.45, 7) is 9.05.